The van der Waals surface area contributed by atoms with Crippen molar-refractivity contribution in [2.75, 3.05) is 19.0 Å². The van der Waals surface area contributed by atoms with Crippen molar-refractivity contribution in [3.05, 3.63) is 59.5 Å². The van der Waals surface area contributed by atoms with Crippen LogP contribution in [0.1, 0.15) is 11.0 Å². The second-order valence-corrected chi connectivity index (χ2v) is 6.40. The van der Waals surface area contributed by atoms with Crippen LogP contribution in [0.25, 0.3) is 10.1 Å². The molecule has 7 heteroatoms. The summed E-state index contributed by atoms with van der Waals surface area (Å²) in [5, 5.41) is 14.4. The van der Waals surface area contributed by atoms with E-state index in [1.807, 2.05) is 54.6 Å². The van der Waals surface area contributed by atoms with Gasteiger partial charge in [0.05, 0.1) is 13.7 Å². The molecule has 1 atom stereocenters. The van der Waals surface area contributed by atoms with Gasteiger partial charge in [0.2, 0.25) is 0 Å². The monoisotopic (exact) mass is 469 g/mol. The molecule has 0 amide bonds. The fourth-order valence-electron chi connectivity index (χ4n) is 2.33. The first-order valence-corrected chi connectivity index (χ1v) is 8.35. The Morgan fingerprint density at radius 2 is 2.04 bits per heavy atom. The highest BCUT2D eigenvalue weighted by atomic mass is 127. The molecule has 0 aliphatic carbocycles. The van der Waals surface area contributed by atoms with Crippen molar-refractivity contribution in [1.29, 1.82) is 0 Å². The van der Waals surface area contributed by atoms with Crippen molar-refractivity contribution >= 4 is 57.0 Å². The first kappa shape index (κ1) is 19.5. The number of nitrogens with two attached hydrogens (primary N) is 1. The average molecular weight is 469 g/mol. The van der Waals surface area contributed by atoms with Crippen molar-refractivity contribution in [3.8, 4) is 5.75 Å². The summed E-state index contributed by atoms with van der Waals surface area (Å²) >= 11 is 1.57. The summed E-state index contributed by atoms with van der Waals surface area (Å²) < 4.78 is 6.31. The maximum absolute atomic E-state index is 10.3. The zero-order valence-corrected chi connectivity index (χ0v) is 16.8. The van der Waals surface area contributed by atoms with Crippen molar-refractivity contribution in [2.24, 2.45) is 10.7 Å². The Bertz CT molecular complexity index is 833. The molecular weight excluding hydrogens is 449 g/mol. The number of nitrogens with zero attached hydrogens (tertiary/aromatic N) is 1. The van der Waals surface area contributed by atoms with Gasteiger partial charge < -0.3 is 20.9 Å². The van der Waals surface area contributed by atoms with Gasteiger partial charge in [-0.2, -0.15) is 0 Å². The summed E-state index contributed by atoms with van der Waals surface area (Å²) in [4.78, 5) is 5.10. The van der Waals surface area contributed by atoms with Crippen LogP contribution in [0.3, 0.4) is 0 Å². The van der Waals surface area contributed by atoms with E-state index in [-0.39, 0.29) is 36.5 Å². The number of anilines is 1. The first-order valence-electron chi connectivity index (χ1n) is 7.53. The minimum absolute atomic E-state index is 0. The Balaban J connectivity index is 0.00000225. The molecule has 3 rings (SSSR count). The van der Waals surface area contributed by atoms with E-state index in [2.05, 4.69) is 10.3 Å². The molecule has 3 aromatic rings. The third kappa shape index (κ3) is 5.07. The molecule has 0 fully saturated rings. The fraction of sp³-hybridized carbons (Fsp3) is 0.167. The number of fused-ring (bicyclic) bond motifs is 1. The van der Waals surface area contributed by atoms with Crippen LogP contribution in [-0.2, 0) is 0 Å². The van der Waals surface area contributed by atoms with E-state index in [4.69, 9.17) is 10.5 Å². The number of halogens is 1. The average Bonchev–Trinajstić information content (AvgIpc) is 3.04. The van der Waals surface area contributed by atoms with E-state index < -0.39 is 6.10 Å². The lowest BCUT2D eigenvalue weighted by atomic mass is 10.2. The van der Waals surface area contributed by atoms with Crippen LogP contribution in [0.5, 0.6) is 5.75 Å². The first-order chi connectivity index (χ1) is 11.7. The molecule has 0 radical (unpaired) electrons. The molecule has 1 aromatic heterocycles. The summed E-state index contributed by atoms with van der Waals surface area (Å²) in [5.41, 5.74) is 6.67. The van der Waals surface area contributed by atoms with Gasteiger partial charge >= 0.3 is 0 Å². The second kappa shape index (κ2) is 9.02. The summed E-state index contributed by atoms with van der Waals surface area (Å²) in [6.07, 6.45) is -0.673. The maximum atomic E-state index is 10.3. The number of rotatable bonds is 5. The summed E-state index contributed by atoms with van der Waals surface area (Å²) in [5.74, 6) is 0.988. The van der Waals surface area contributed by atoms with Crippen LogP contribution in [-0.4, -0.2) is 24.7 Å². The zero-order chi connectivity index (χ0) is 16.9. The van der Waals surface area contributed by atoms with Gasteiger partial charge in [0.15, 0.2) is 5.96 Å². The Kier molecular flexibility index (Phi) is 7.03. The summed E-state index contributed by atoms with van der Waals surface area (Å²) in [6, 6.07) is 17.4. The lowest BCUT2D eigenvalue weighted by molar-refractivity contribution is 0.191. The molecule has 0 bridgehead atoms. The Hall–Kier alpha value is -1.84. The quantitative estimate of drug-likeness (QED) is 0.300. The number of benzene rings is 2. The van der Waals surface area contributed by atoms with Crippen LogP contribution >= 0.6 is 35.3 Å². The molecule has 0 saturated heterocycles. The number of aliphatic imine (C=N–C) groups is 1. The van der Waals surface area contributed by atoms with E-state index in [1.54, 1.807) is 18.4 Å². The van der Waals surface area contributed by atoms with E-state index in [0.717, 1.165) is 26.4 Å². The van der Waals surface area contributed by atoms with Crippen molar-refractivity contribution in [3.63, 3.8) is 0 Å². The number of aliphatic hydroxyl groups excluding tert-OH is 1. The number of ether oxygens (including phenoxy) is 1. The van der Waals surface area contributed by atoms with Crippen LogP contribution in [0, 0.1) is 0 Å². The minimum Gasteiger partial charge on any atom is -0.497 e. The van der Waals surface area contributed by atoms with Crippen molar-refractivity contribution in [2.45, 2.75) is 6.10 Å². The van der Waals surface area contributed by atoms with Gasteiger partial charge in [0, 0.05) is 21.3 Å². The predicted octanol–water partition coefficient (Wildman–Crippen LogP) is 3.99. The van der Waals surface area contributed by atoms with Gasteiger partial charge in [-0.1, -0.05) is 24.3 Å². The highest BCUT2D eigenvalue weighted by molar-refractivity contribution is 14.0. The topological polar surface area (TPSA) is 79.9 Å². The van der Waals surface area contributed by atoms with Crippen LogP contribution in [0.15, 0.2) is 59.6 Å². The number of nitrogens with one attached hydrogen (secondary N) is 1. The molecule has 2 aromatic carbocycles. The number of hydrogen-bond acceptors (Lipinski definition) is 4. The van der Waals surface area contributed by atoms with Crippen LogP contribution in [0.4, 0.5) is 5.69 Å². The second-order valence-electron chi connectivity index (χ2n) is 5.29. The standard InChI is InChI=1S/C18H19N3O2S.HI/c1-23-14-7-4-6-13(10-14)21-18(19)20-11-15(22)17-9-12-5-2-3-8-16(12)24-17;/h2-10,15,22H,11H2,1H3,(H3,19,20,21);1H. The molecule has 1 unspecified atom stereocenters. The normalized spacial score (nSPS) is 12.5. The lowest BCUT2D eigenvalue weighted by Gasteiger charge is -2.09. The molecule has 4 N–H and O–H groups in total. The van der Waals surface area contributed by atoms with Crippen molar-refractivity contribution in [1.82, 2.24) is 0 Å². The molecule has 0 aliphatic rings. The third-order valence-corrected chi connectivity index (χ3v) is 4.77. The number of guanidine groups is 1. The molecule has 1 heterocycles. The fourth-order valence-corrected chi connectivity index (χ4v) is 3.37. The van der Waals surface area contributed by atoms with Crippen LogP contribution in [0.2, 0.25) is 0 Å². The molecule has 0 spiro atoms. The highest BCUT2D eigenvalue weighted by Crippen LogP contribution is 2.29. The molecule has 132 valence electrons. The molecule has 0 aliphatic heterocycles. The predicted molar refractivity (Wildman–Crippen MR) is 115 cm³/mol. The highest BCUT2D eigenvalue weighted by Gasteiger charge is 2.11. The molecule has 5 nitrogen and oxygen atoms in total. The van der Waals surface area contributed by atoms with Gasteiger partial charge in [-0.25, -0.2) is 0 Å². The zero-order valence-electron chi connectivity index (χ0n) is 13.7. The summed E-state index contributed by atoms with van der Waals surface area (Å²) in [6.45, 7) is 0.204. The smallest absolute Gasteiger partial charge is 0.193 e. The van der Waals surface area contributed by atoms with Crippen molar-refractivity contribution < 1.29 is 9.84 Å². The van der Waals surface area contributed by atoms with E-state index in [1.165, 1.54) is 0 Å². The van der Waals surface area contributed by atoms with Gasteiger partial charge in [-0.05, 0) is 29.7 Å². The summed E-state index contributed by atoms with van der Waals surface area (Å²) in [7, 11) is 1.61. The number of aliphatic hydroxyl groups is 1. The molecular formula is C18H20IN3O2S. The molecule has 25 heavy (non-hydrogen) atoms. The minimum atomic E-state index is -0.673. The van der Waals surface area contributed by atoms with E-state index in [9.17, 15) is 5.11 Å². The van der Waals surface area contributed by atoms with E-state index in [0.29, 0.717) is 0 Å². The number of thiophene rings is 1. The van der Waals surface area contributed by atoms with Gasteiger partial charge in [-0.3, -0.25) is 4.99 Å². The molecule has 0 saturated carbocycles. The lowest BCUT2D eigenvalue weighted by Crippen LogP contribution is -2.23. The van der Waals surface area contributed by atoms with Gasteiger partial charge in [0.25, 0.3) is 0 Å². The number of hydrogen-bond donors (Lipinski definition) is 3. The maximum Gasteiger partial charge on any atom is 0.193 e. The third-order valence-electron chi connectivity index (χ3n) is 3.55. The van der Waals surface area contributed by atoms with E-state index >= 15 is 0 Å². The number of methoxy groups -OCH3 is 1. The van der Waals surface area contributed by atoms with Crippen LogP contribution < -0.4 is 15.8 Å². The SMILES string of the molecule is COc1cccc(NC(N)=NCC(O)c2cc3ccccc3s2)c1.I. The van der Waals surface area contributed by atoms with Gasteiger partial charge in [-0.15, -0.1) is 35.3 Å². The van der Waals surface area contributed by atoms with Gasteiger partial charge in [0.1, 0.15) is 11.9 Å². The Morgan fingerprint density at radius 3 is 2.80 bits per heavy atom. The largest absolute Gasteiger partial charge is 0.497 e. The Labute approximate surface area is 167 Å². The Morgan fingerprint density at radius 1 is 1.24 bits per heavy atom.